The van der Waals surface area contributed by atoms with E-state index in [1.54, 1.807) is 24.3 Å². The molecule has 156 valence electrons. The number of esters is 1. The van der Waals surface area contributed by atoms with Crippen LogP contribution in [0, 0.1) is 6.92 Å². The van der Waals surface area contributed by atoms with Crippen molar-refractivity contribution in [2.24, 2.45) is 0 Å². The van der Waals surface area contributed by atoms with E-state index in [1.807, 2.05) is 31.2 Å². The first-order chi connectivity index (χ1) is 13.9. The quantitative estimate of drug-likeness (QED) is 0.627. The van der Waals surface area contributed by atoms with Crippen LogP contribution in [0.1, 0.15) is 60.1 Å². The van der Waals surface area contributed by atoms with Gasteiger partial charge in [0.2, 0.25) is 0 Å². The summed E-state index contributed by atoms with van der Waals surface area (Å²) in [5, 5.41) is 2.31. The lowest BCUT2D eigenvalue weighted by molar-refractivity contribution is -0.141. The minimum atomic E-state index is -0.830. The van der Waals surface area contributed by atoms with E-state index in [1.165, 1.54) is 17.8 Å². The molecule has 1 aliphatic rings. The first-order valence-electron chi connectivity index (χ1n) is 10.1. The van der Waals surface area contributed by atoms with Crippen LogP contribution in [-0.2, 0) is 16.1 Å². The minimum Gasteiger partial charge on any atom is -0.486 e. The molecule has 6 nitrogen and oxygen atoms in total. The summed E-state index contributed by atoms with van der Waals surface area (Å²) >= 11 is 1.33. The van der Waals surface area contributed by atoms with Gasteiger partial charge in [0.05, 0.1) is 0 Å². The maximum atomic E-state index is 12.6. The molecule has 2 aromatic rings. The summed E-state index contributed by atoms with van der Waals surface area (Å²) in [6, 6.07) is 7.98. The Hall–Kier alpha value is -2.41. The third kappa shape index (κ3) is 5.79. The highest BCUT2D eigenvalue weighted by molar-refractivity contribution is 7.09. The molecule has 1 saturated carbocycles. The van der Waals surface area contributed by atoms with Gasteiger partial charge in [-0.05, 0) is 38.8 Å². The standard InChI is InChI=1S/C22H28N2O4S/c1-15-9-11-18(12-10-15)27-13-20-23-19(14-29-20)22(26)28-16(2)21(25)24(3)17-7-5-4-6-8-17/h9-12,14,16-17H,4-8,13H2,1-3H3/t16-/m1/s1. The van der Waals surface area contributed by atoms with Crippen molar-refractivity contribution in [3.05, 3.63) is 45.9 Å². The fourth-order valence-electron chi connectivity index (χ4n) is 3.46. The number of nitrogens with zero attached hydrogens (tertiary/aromatic N) is 2. The van der Waals surface area contributed by atoms with Crippen molar-refractivity contribution in [1.29, 1.82) is 0 Å². The molecule has 0 N–H and O–H groups in total. The zero-order chi connectivity index (χ0) is 20.8. The van der Waals surface area contributed by atoms with Gasteiger partial charge in [-0.3, -0.25) is 4.79 Å². The van der Waals surface area contributed by atoms with Gasteiger partial charge in [0, 0.05) is 18.5 Å². The molecule has 1 aliphatic carbocycles. The average molecular weight is 417 g/mol. The van der Waals surface area contributed by atoms with Crippen LogP contribution in [0.4, 0.5) is 0 Å². The van der Waals surface area contributed by atoms with E-state index in [0.717, 1.165) is 37.0 Å². The molecule has 7 heteroatoms. The second kappa shape index (κ2) is 9.87. The monoisotopic (exact) mass is 416 g/mol. The molecule has 0 radical (unpaired) electrons. The van der Waals surface area contributed by atoms with E-state index in [2.05, 4.69) is 4.98 Å². The van der Waals surface area contributed by atoms with Crippen molar-refractivity contribution in [3.8, 4) is 5.75 Å². The van der Waals surface area contributed by atoms with Crippen LogP contribution >= 0.6 is 11.3 Å². The third-order valence-electron chi connectivity index (χ3n) is 5.25. The number of ether oxygens (including phenoxy) is 2. The molecule has 0 aliphatic heterocycles. The summed E-state index contributed by atoms with van der Waals surface area (Å²) in [4.78, 5) is 31.0. The van der Waals surface area contributed by atoms with E-state index in [-0.39, 0.29) is 24.2 Å². The van der Waals surface area contributed by atoms with E-state index in [9.17, 15) is 9.59 Å². The first-order valence-corrected chi connectivity index (χ1v) is 10.9. The van der Waals surface area contributed by atoms with Crippen molar-refractivity contribution in [2.45, 2.75) is 64.7 Å². The second-order valence-corrected chi connectivity index (χ2v) is 8.46. The summed E-state index contributed by atoms with van der Waals surface area (Å²) < 4.78 is 11.1. The number of aromatic nitrogens is 1. The Bertz CT molecular complexity index is 828. The van der Waals surface area contributed by atoms with Gasteiger partial charge in [-0.1, -0.05) is 37.0 Å². The Morgan fingerprint density at radius 3 is 2.59 bits per heavy atom. The van der Waals surface area contributed by atoms with Gasteiger partial charge < -0.3 is 14.4 Å². The Balaban J connectivity index is 1.51. The molecular weight excluding hydrogens is 388 g/mol. The molecule has 3 rings (SSSR count). The Labute approximate surface area is 175 Å². The van der Waals surface area contributed by atoms with Crippen molar-refractivity contribution >= 4 is 23.2 Å². The van der Waals surface area contributed by atoms with Crippen LogP contribution in [-0.4, -0.2) is 41.0 Å². The molecule has 1 aromatic carbocycles. The van der Waals surface area contributed by atoms with Gasteiger partial charge in [0.15, 0.2) is 11.8 Å². The lowest BCUT2D eigenvalue weighted by atomic mass is 9.94. The minimum absolute atomic E-state index is 0.164. The van der Waals surface area contributed by atoms with E-state index in [0.29, 0.717) is 5.01 Å². The topological polar surface area (TPSA) is 68.7 Å². The maximum Gasteiger partial charge on any atom is 0.358 e. The average Bonchev–Trinajstić information content (AvgIpc) is 3.22. The van der Waals surface area contributed by atoms with E-state index in [4.69, 9.17) is 9.47 Å². The smallest absolute Gasteiger partial charge is 0.358 e. The zero-order valence-electron chi connectivity index (χ0n) is 17.2. The number of hydrogen-bond donors (Lipinski definition) is 0. The number of amides is 1. The number of hydrogen-bond acceptors (Lipinski definition) is 6. The molecule has 29 heavy (non-hydrogen) atoms. The predicted molar refractivity (Wildman–Crippen MR) is 112 cm³/mol. The van der Waals surface area contributed by atoms with Gasteiger partial charge in [-0.15, -0.1) is 11.3 Å². The normalized spacial score (nSPS) is 15.6. The molecular formula is C22H28N2O4S. The number of carbonyl (C=O) groups excluding carboxylic acids is 2. The number of benzene rings is 1. The number of carbonyl (C=O) groups is 2. The molecule has 0 saturated heterocycles. The van der Waals surface area contributed by atoms with E-state index < -0.39 is 12.1 Å². The predicted octanol–water partition coefficient (Wildman–Crippen LogP) is 4.37. The van der Waals surface area contributed by atoms with Crippen molar-refractivity contribution in [2.75, 3.05) is 7.05 Å². The Kier molecular flexibility index (Phi) is 7.25. The summed E-state index contributed by atoms with van der Waals surface area (Å²) in [6.45, 7) is 3.91. The summed E-state index contributed by atoms with van der Waals surface area (Å²) in [6.07, 6.45) is 4.70. The van der Waals surface area contributed by atoms with Crippen molar-refractivity contribution in [3.63, 3.8) is 0 Å². The fraction of sp³-hybridized carbons (Fsp3) is 0.500. The van der Waals surface area contributed by atoms with Gasteiger partial charge in [0.1, 0.15) is 17.4 Å². The summed E-state index contributed by atoms with van der Waals surface area (Å²) in [5.74, 6) is 0.00373. The molecule has 1 heterocycles. The van der Waals surface area contributed by atoms with Crippen LogP contribution in [0.15, 0.2) is 29.6 Å². The molecule has 1 amide bonds. The number of rotatable bonds is 7. The second-order valence-electron chi connectivity index (χ2n) is 7.52. The van der Waals surface area contributed by atoms with Crippen LogP contribution in [0.3, 0.4) is 0 Å². The van der Waals surface area contributed by atoms with Crippen molar-refractivity contribution < 1.29 is 19.1 Å². The maximum absolute atomic E-state index is 12.6. The third-order valence-corrected chi connectivity index (χ3v) is 6.07. The van der Waals surface area contributed by atoms with Gasteiger partial charge in [-0.25, -0.2) is 9.78 Å². The molecule has 0 spiro atoms. The van der Waals surface area contributed by atoms with Crippen molar-refractivity contribution in [1.82, 2.24) is 9.88 Å². The molecule has 1 atom stereocenters. The number of aryl methyl sites for hydroxylation is 1. The Morgan fingerprint density at radius 2 is 1.90 bits per heavy atom. The van der Waals surface area contributed by atoms with Gasteiger partial charge in [-0.2, -0.15) is 0 Å². The SMILES string of the molecule is Cc1ccc(OCc2nc(C(=O)O[C@H](C)C(=O)N(C)C3CCCCC3)cs2)cc1. The number of thiazole rings is 1. The number of likely N-dealkylation sites (N-methyl/N-ethyl adjacent to an activating group) is 1. The van der Waals surface area contributed by atoms with Crippen LogP contribution < -0.4 is 4.74 Å². The highest BCUT2D eigenvalue weighted by Gasteiger charge is 2.28. The van der Waals surface area contributed by atoms with Crippen LogP contribution in [0.25, 0.3) is 0 Å². The lowest BCUT2D eigenvalue weighted by Crippen LogP contribution is -2.44. The lowest BCUT2D eigenvalue weighted by Gasteiger charge is -2.32. The largest absolute Gasteiger partial charge is 0.486 e. The molecule has 1 fully saturated rings. The molecule has 0 bridgehead atoms. The highest BCUT2D eigenvalue weighted by Crippen LogP contribution is 2.23. The zero-order valence-corrected chi connectivity index (χ0v) is 18.0. The van der Waals surface area contributed by atoms with Gasteiger partial charge in [0.25, 0.3) is 5.91 Å². The first kappa shape index (κ1) is 21.3. The Morgan fingerprint density at radius 1 is 1.21 bits per heavy atom. The highest BCUT2D eigenvalue weighted by atomic mass is 32.1. The molecule has 0 unspecified atom stereocenters. The summed E-state index contributed by atoms with van der Waals surface area (Å²) in [7, 11) is 1.80. The summed E-state index contributed by atoms with van der Waals surface area (Å²) in [5.41, 5.74) is 1.37. The van der Waals surface area contributed by atoms with E-state index >= 15 is 0 Å². The van der Waals surface area contributed by atoms with Gasteiger partial charge >= 0.3 is 5.97 Å². The fourth-order valence-corrected chi connectivity index (χ4v) is 4.13. The molecule has 1 aromatic heterocycles. The van der Waals surface area contributed by atoms with Crippen LogP contribution in [0.2, 0.25) is 0 Å². The van der Waals surface area contributed by atoms with Crippen LogP contribution in [0.5, 0.6) is 5.75 Å².